The van der Waals surface area contributed by atoms with Crippen molar-refractivity contribution >= 4 is 11.9 Å². The number of benzene rings is 1. The van der Waals surface area contributed by atoms with Crippen LogP contribution in [0.15, 0.2) is 41.0 Å². The first-order chi connectivity index (χ1) is 11.2. The highest BCUT2D eigenvalue weighted by Gasteiger charge is 2.27. The van der Waals surface area contributed by atoms with Gasteiger partial charge in [-0.1, -0.05) is 38.0 Å². The average Bonchev–Trinajstić information content (AvgIpc) is 2.55. The number of nitrogens with one attached hydrogen (secondary N) is 1. The molecule has 1 aliphatic carbocycles. The molecule has 0 bridgehead atoms. The molecule has 1 aromatic rings. The standard InChI is InChI=1S/C19H30N4/c1-3-6-14-9-16(10-14)23-13-15(11-20)18(12-21)17-7-4-5-8-19(17)22-2/h4-5,7-8,11,13-14,16,18,22H,3,6,9-10,12,20-21H2,1-2H3. The summed E-state index contributed by atoms with van der Waals surface area (Å²) < 4.78 is 0. The third-order valence-corrected chi connectivity index (χ3v) is 4.78. The Morgan fingerprint density at radius 3 is 2.74 bits per heavy atom. The summed E-state index contributed by atoms with van der Waals surface area (Å²) in [5.41, 5.74) is 15.1. The van der Waals surface area contributed by atoms with Gasteiger partial charge >= 0.3 is 0 Å². The normalized spacial score (nSPS) is 22.8. The lowest BCUT2D eigenvalue weighted by molar-refractivity contribution is 0.250. The SMILES string of the molecule is CCCC1CC(N=CC(=CN)C(CN)c2ccccc2NC)C1. The maximum absolute atomic E-state index is 6.03. The van der Waals surface area contributed by atoms with Crippen LogP contribution in [-0.4, -0.2) is 25.8 Å². The van der Waals surface area contributed by atoms with Crippen LogP contribution in [0.4, 0.5) is 5.69 Å². The quantitative estimate of drug-likeness (QED) is 0.645. The van der Waals surface area contributed by atoms with Crippen molar-refractivity contribution < 1.29 is 0 Å². The minimum Gasteiger partial charge on any atom is -0.404 e. The summed E-state index contributed by atoms with van der Waals surface area (Å²) in [5.74, 6) is 0.932. The molecule has 2 rings (SSSR count). The molecule has 1 atom stereocenters. The van der Waals surface area contributed by atoms with Gasteiger partial charge in [-0.05, 0) is 42.2 Å². The molecular formula is C19H30N4. The van der Waals surface area contributed by atoms with Crippen molar-refractivity contribution in [2.75, 3.05) is 18.9 Å². The Hall–Kier alpha value is -1.81. The van der Waals surface area contributed by atoms with Gasteiger partial charge in [0.05, 0.1) is 6.04 Å². The van der Waals surface area contributed by atoms with Crippen LogP contribution in [0.1, 0.15) is 44.1 Å². The number of para-hydroxylation sites is 1. The van der Waals surface area contributed by atoms with Crippen molar-refractivity contribution in [1.82, 2.24) is 0 Å². The third-order valence-electron chi connectivity index (χ3n) is 4.78. The Kier molecular flexibility index (Phi) is 6.66. The van der Waals surface area contributed by atoms with E-state index in [4.69, 9.17) is 16.5 Å². The summed E-state index contributed by atoms with van der Waals surface area (Å²) in [6.07, 6.45) is 8.61. The summed E-state index contributed by atoms with van der Waals surface area (Å²) in [6.45, 7) is 2.76. The molecule has 1 unspecified atom stereocenters. The number of nitrogens with zero attached hydrogens (tertiary/aromatic N) is 1. The van der Waals surface area contributed by atoms with E-state index in [1.807, 2.05) is 25.4 Å². The fraction of sp³-hybridized carbons (Fsp3) is 0.526. The zero-order valence-electron chi connectivity index (χ0n) is 14.3. The minimum absolute atomic E-state index is 0.0684. The van der Waals surface area contributed by atoms with Gasteiger partial charge in [0.2, 0.25) is 0 Å². The third kappa shape index (κ3) is 4.35. The van der Waals surface area contributed by atoms with Crippen molar-refractivity contribution in [3.63, 3.8) is 0 Å². The molecular weight excluding hydrogens is 284 g/mol. The second kappa shape index (κ2) is 8.73. The van der Waals surface area contributed by atoms with Gasteiger partial charge in [-0.25, -0.2) is 0 Å². The van der Waals surface area contributed by atoms with Gasteiger partial charge in [0.15, 0.2) is 0 Å². The Morgan fingerprint density at radius 2 is 2.13 bits per heavy atom. The van der Waals surface area contributed by atoms with E-state index in [1.165, 1.54) is 25.7 Å². The highest BCUT2D eigenvalue weighted by atomic mass is 14.8. The number of nitrogens with two attached hydrogens (primary N) is 2. The molecule has 4 heteroatoms. The topological polar surface area (TPSA) is 76.4 Å². The smallest absolute Gasteiger partial charge is 0.0505 e. The molecule has 0 spiro atoms. The molecule has 0 aromatic heterocycles. The van der Waals surface area contributed by atoms with Gasteiger partial charge in [-0.3, -0.25) is 4.99 Å². The number of rotatable bonds is 8. The van der Waals surface area contributed by atoms with E-state index in [2.05, 4.69) is 24.4 Å². The molecule has 126 valence electrons. The first-order valence-corrected chi connectivity index (χ1v) is 8.65. The second-order valence-electron chi connectivity index (χ2n) is 6.35. The predicted molar refractivity (Wildman–Crippen MR) is 100.0 cm³/mol. The van der Waals surface area contributed by atoms with Gasteiger partial charge in [0, 0.05) is 31.4 Å². The molecule has 1 aliphatic rings. The lowest BCUT2D eigenvalue weighted by Gasteiger charge is -2.32. The largest absolute Gasteiger partial charge is 0.404 e. The van der Waals surface area contributed by atoms with Crippen molar-refractivity contribution in [3.8, 4) is 0 Å². The predicted octanol–water partition coefficient (Wildman–Crippen LogP) is 3.26. The molecule has 0 saturated heterocycles. The number of hydrogen-bond donors (Lipinski definition) is 3. The van der Waals surface area contributed by atoms with E-state index in [0.717, 1.165) is 22.7 Å². The molecule has 0 aliphatic heterocycles. The monoisotopic (exact) mass is 314 g/mol. The maximum Gasteiger partial charge on any atom is 0.0505 e. The van der Waals surface area contributed by atoms with Crippen molar-refractivity contribution in [2.24, 2.45) is 22.4 Å². The van der Waals surface area contributed by atoms with E-state index in [9.17, 15) is 0 Å². The van der Waals surface area contributed by atoms with E-state index in [1.54, 1.807) is 6.20 Å². The van der Waals surface area contributed by atoms with Crippen LogP contribution in [0, 0.1) is 5.92 Å². The molecule has 0 radical (unpaired) electrons. The van der Waals surface area contributed by atoms with E-state index in [-0.39, 0.29) is 5.92 Å². The Labute approximate surface area is 140 Å². The fourth-order valence-electron chi connectivity index (χ4n) is 3.38. The van der Waals surface area contributed by atoms with Gasteiger partial charge in [0.25, 0.3) is 0 Å². The van der Waals surface area contributed by atoms with Crippen LogP contribution in [0.2, 0.25) is 0 Å². The van der Waals surface area contributed by atoms with E-state index >= 15 is 0 Å². The highest BCUT2D eigenvalue weighted by molar-refractivity contribution is 5.82. The number of aliphatic imine (C=N–C) groups is 1. The van der Waals surface area contributed by atoms with Crippen LogP contribution in [0.3, 0.4) is 0 Å². The number of anilines is 1. The first-order valence-electron chi connectivity index (χ1n) is 8.65. The van der Waals surface area contributed by atoms with Crippen LogP contribution in [0.25, 0.3) is 0 Å². The van der Waals surface area contributed by atoms with Gasteiger partial charge in [-0.15, -0.1) is 0 Å². The second-order valence-corrected chi connectivity index (χ2v) is 6.35. The minimum atomic E-state index is 0.0684. The van der Waals surface area contributed by atoms with Crippen LogP contribution in [-0.2, 0) is 0 Å². The first kappa shape index (κ1) is 17.5. The summed E-state index contributed by atoms with van der Waals surface area (Å²) in [6, 6.07) is 8.67. The van der Waals surface area contributed by atoms with Crippen molar-refractivity contribution in [1.29, 1.82) is 0 Å². The fourth-order valence-corrected chi connectivity index (χ4v) is 3.38. The van der Waals surface area contributed by atoms with Crippen LogP contribution < -0.4 is 16.8 Å². The molecule has 5 N–H and O–H groups in total. The van der Waals surface area contributed by atoms with Gasteiger partial charge < -0.3 is 16.8 Å². The molecule has 4 nitrogen and oxygen atoms in total. The Balaban J connectivity index is 2.07. The molecule has 1 fully saturated rings. The molecule has 1 saturated carbocycles. The van der Waals surface area contributed by atoms with Crippen LogP contribution in [0.5, 0.6) is 0 Å². The average molecular weight is 314 g/mol. The Bertz CT molecular complexity index is 544. The Morgan fingerprint density at radius 1 is 1.39 bits per heavy atom. The molecule has 23 heavy (non-hydrogen) atoms. The maximum atomic E-state index is 6.03. The van der Waals surface area contributed by atoms with Crippen LogP contribution >= 0.6 is 0 Å². The van der Waals surface area contributed by atoms with Gasteiger partial charge in [0.1, 0.15) is 0 Å². The summed E-state index contributed by atoms with van der Waals surface area (Å²) in [5, 5.41) is 3.23. The summed E-state index contributed by atoms with van der Waals surface area (Å²) >= 11 is 0. The number of hydrogen-bond acceptors (Lipinski definition) is 4. The zero-order chi connectivity index (χ0) is 16.7. The van der Waals surface area contributed by atoms with E-state index < -0.39 is 0 Å². The molecule has 0 amide bonds. The summed E-state index contributed by atoms with van der Waals surface area (Å²) in [7, 11) is 1.93. The van der Waals surface area contributed by atoms with Gasteiger partial charge in [-0.2, -0.15) is 0 Å². The van der Waals surface area contributed by atoms with Crippen molar-refractivity contribution in [2.45, 2.75) is 44.6 Å². The lowest BCUT2D eigenvalue weighted by atomic mass is 9.78. The zero-order valence-corrected chi connectivity index (χ0v) is 14.3. The van der Waals surface area contributed by atoms with E-state index in [0.29, 0.717) is 12.6 Å². The summed E-state index contributed by atoms with van der Waals surface area (Å²) in [4.78, 5) is 4.73. The highest BCUT2D eigenvalue weighted by Crippen LogP contribution is 2.34. The molecule has 0 heterocycles. The lowest BCUT2D eigenvalue weighted by Crippen LogP contribution is -2.27. The molecule has 1 aromatic carbocycles. The van der Waals surface area contributed by atoms with Crippen molar-refractivity contribution in [3.05, 3.63) is 41.6 Å².